The Morgan fingerprint density at radius 2 is 1.53 bits per heavy atom. The second-order valence-corrected chi connectivity index (χ2v) is 5.19. The number of carbonyl (C=O) groups excluding carboxylic acids is 1. The predicted molar refractivity (Wildman–Crippen MR) is 75.9 cm³/mol. The third kappa shape index (κ3) is 1.93. The van der Waals surface area contributed by atoms with Gasteiger partial charge < -0.3 is 4.90 Å². The van der Waals surface area contributed by atoms with Gasteiger partial charge in [-0.15, -0.1) is 0 Å². The Balaban J connectivity index is 1.96. The number of amides is 1. The van der Waals surface area contributed by atoms with E-state index in [1.54, 1.807) is 0 Å². The number of nitrogens with zero attached hydrogens (tertiary/aromatic N) is 1. The van der Waals surface area contributed by atoms with Gasteiger partial charge in [0.1, 0.15) is 0 Å². The first-order valence-corrected chi connectivity index (χ1v) is 6.56. The summed E-state index contributed by atoms with van der Waals surface area (Å²) >= 11 is 0. The molecule has 19 heavy (non-hydrogen) atoms. The third-order valence-electron chi connectivity index (χ3n) is 3.92. The first kappa shape index (κ1) is 12.0. The van der Waals surface area contributed by atoms with Crippen LogP contribution in [-0.2, 0) is 4.79 Å². The van der Waals surface area contributed by atoms with Gasteiger partial charge in [0.05, 0.1) is 12.0 Å². The number of benzene rings is 2. The standard InChI is InChI=1S/C17H17NO/c1-12-8-10-14(11-9-12)16-15(17(19)18(16)2)13-6-4-3-5-7-13/h3-11,15-16H,1-2H3. The average Bonchev–Trinajstić information content (AvgIpc) is 2.46. The largest absolute Gasteiger partial charge is 0.337 e. The van der Waals surface area contributed by atoms with Gasteiger partial charge in [-0.25, -0.2) is 0 Å². The predicted octanol–water partition coefficient (Wildman–Crippen LogP) is 3.29. The van der Waals surface area contributed by atoms with Crippen molar-refractivity contribution in [2.45, 2.75) is 18.9 Å². The van der Waals surface area contributed by atoms with E-state index in [9.17, 15) is 4.79 Å². The summed E-state index contributed by atoms with van der Waals surface area (Å²) in [7, 11) is 1.88. The Morgan fingerprint density at radius 3 is 2.16 bits per heavy atom. The number of likely N-dealkylation sites (N-methyl/N-ethyl adjacent to an activating group) is 1. The molecule has 2 unspecified atom stereocenters. The molecule has 1 heterocycles. The van der Waals surface area contributed by atoms with Crippen molar-refractivity contribution in [2.24, 2.45) is 0 Å². The average molecular weight is 251 g/mol. The minimum atomic E-state index is -0.0334. The number of β-lactam (4-membered cyclic amide) rings is 1. The highest BCUT2D eigenvalue weighted by Crippen LogP contribution is 2.45. The maximum Gasteiger partial charge on any atom is 0.232 e. The van der Waals surface area contributed by atoms with Gasteiger partial charge >= 0.3 is 0 Å². The zero-order chi connectivity index (χ0) is 13.4. The lowest BCUT2D eigenvalue weighted by Crippen LogP contribution is -2.50. The highest BCUT2D eigenvalue weighted by Gasteiger charge is 2.46. The van der Waals surface area contributed by atoms with Gasteiger partial charge in [0.2, 0.25) is 5.91 Å². The van der Waals surface area contributed by atoms with Gasteiger partial charge in [-0.05, 0) is 18.1 Å². The number of carbonyl (C=O) groups is 1. The van der Waals surface area contributed by atoms with Crippen molar-refractivity contribution in [1.82, 2.24) is 4.90 Å². The van der Waals surface area contributed by atoms with Crippen LogP contribution in [-0.4, -0.2) is 17.9 Å². The fourth-order valence-electron chi connectivity index (χ4n) is 2.80. The Morgan fingerprint density at radius 1 is 0.895 bits per heavy atom. The molecule has 0 N–H and O–H groups in total. The normalized spacial score (nSPS) is 22.2. The van der Waals surface area contributed by atoms with E-state index >= 15 is 0 Å². The fraction of sp³-hybridized carbons (Fsp3) is 0.235. The highest BCUT2D eigenvalue weighted by molar-refractivity contribution is 5.91. The van der Waals surface area contributed by atoms with Crippen molar-refractivity contribution in [3.63, 3.8) is 0 Å². The summed E-state index contributed by atoms with van der Waals surface area (Å²) in [6, 6.07) is 18.7. The van der Waals surface area contributed by atoms with Crippen molar-refractivity contribution in [2.75, 3.05) is 7.05 Å². The van der Waals surface area contributed by atoms with Crippen LogP contribution in [0.25, 0.3) is 0 Å². The number of hydrogen-bond acceptors (Lipinski definition) is 1. The van der Waals surface area contributed by atoms with Crippen molar-refractivity contribution < 1.29 is 4.79 Å². The van der Waals surface area contributed by atoms with E-state index in [4.69, 9.17) is 0 Å². The van der Waals surface area contributed by atoms with Crippen LogP contribution in [0.4, 0.5) is 0 Å². The van der Waals surface area contributed by atoms with E-state index in [0.717, 1.165) is 5.56 Å². The molecule has 1 amide bonds. The summed E-state index contributed by atoms with van der Waals surface area (Å²) in [6.07, 6.45) is 0. The van der Waals surface area contributed by atoms with Crippen LogP contribution in [0.1, 0.15) is 28.7 Å². The highest BCUT2D eigenvalue weighted by atomic mass is 16.2. The molecule has 2 atom stereocenters. The minimum Gasteiger partial charge on any atom is -0.337 e. The second kappa shape index (κ2) is 4.54. The van der Waals surface area contributed by atoms with Gasteiger partial charge in [0.15, 0.2) is 0 Å². The fourth-order valence-corrected chi connectivity index (χ4v) is 2.80. The molecule has 1 saturated heterocycles. The van der Waals surface area contributed by atoms with E-state index in [0.29, 0.717) is 0 Å². The Hall–Kier alpha value is -2.09. The van der Waals surface area contributed by atoms with E-state index in [1.165, 1.54) is 11.1 Å². The minimum absolute atomic E-state index is 0.0334. The molecule has 3 rings (SSSR count). The summed E-state index contributed by atoms with van der Waals surface area (Å²) in [4.78, 5) is 14.0. The SMILES string of the molecule is Cc1ccc(C2C(c3ccccc3)C(=O)N2C)cc1. The van der Waals surface area contributed by atoms with Crippen LogP contribution < -0.4 is 0 Å². The van der Waals surface area contributed by atoms with Gasteiger partial charge in [-0.1, -0.05) is 60.2 Å². The Kier molecular flexibility index (Phi) is 2.86. The molecule has 96 valence electrons. The third-order valence-corrected chi connectivity index (χ3v) is 3.92. The lowest BCUT2D eigenvalue weighted by atomic mass is 9.78. The van der Waals surface area contributed by atoms with Gasteiger partial charge in [-0.3, -0.25) is 4.79 Å². The lowest BCUT2D eigenvalue weighted by Gasteiger charge is -2.45. The van der Waals surface area contributed by atoms with Crippen molar-refractivity contribution in [3.8, 4) is 0 Å². The molecule has 1 fully saturated rings. The van der Waals surface area contributed by atoms with E-state index in [1.807, 2.05) is 42.3 Å². The number of rotatable bonds is 2. The molecule has 2 aromatic carbocycles. The first-order chi connectivity index (χ1) is 9.18. The number of hydrogen-bond donors (Lipinski definition) is 0. The Bertz CT molecular complexity index is 588. The van der Waals surface area contributed by atoms with Crippen molar-refractivity contribution >= 4 is 5.91 Å². The molecular formula is C17H17NO. The van der Waals surface area contributed by atoms with Crippen LogP contribution >= 0.6 is 0 Å². The second-order valence-electron chi connectivity index (χ2n) is 5.19. The molecular weight excluding hydrogens is 234 g/mol. The van der Waals surface area contributed by atoms with Crippen LogP contribution in [0.3, 0.4) is 0 Å². The number of aryl methyl sites for hydroxylation is 1. The maximum atomic E-state index is 12.1. The van der Waals surface area contributed by atoms with E-state index in [-0.39, 0.29) is 17.9 Å². The summed E-state index contributed by atoms with van der Waals surface area (Å²) in [5.74, 6) is 0.172. The molecule has 2 aromatic rings. The molecule has 0 saturated carbocycles. The summed E-state index contributed by atoms with van der Waals surface area (Å²) < 4.78 is 0. The van der Waals surface area contributed by atoms with Crippen LogP contribution in [0.2, 0.25) is 0 Å². The van der Waals surface area contributed by atoms with E-state index < -0.39 is 0 Å². The number of likely N-dealkylation sites (tertiary alicyclic amines) is 1. The van der Waals surface area contributed by atoms with Crippen molar-refractivity contribution in [1.29, 1.82) is 0 Å². The van der Waals surface area contributed by atoms with Crippen molar-refractivity contribution in [3.05, 3.63) is 71.3 Å². The molecule has 0 aliphatic carbocycles. The molecule has 0 spiro atoms. The van der Waals surface area contributed by atoms with Gasteiger partial charge in [0, 0.05) is 7.05 Å². The topological polar surface area (TPSA) is 20.3 Å². The Labute approximate surface area is 113 Å². The summed E-state index contributed by atoms with van der Waals surface area (Å²) in [5.41, 5.74) is 3.56. The molecule has 0 aromatic heterocycles. The monoisotopic (exact) mass is 251 g/mol. The summed E-state index contributed by atoms with van der Waals surface area (Å²) in [6.45, 7) is 2.08. The quantitative estimate of drug-likeness (QED) is 0.750. The van der Waals surface area contributed by atoms with E-state index in [2.05, 4.69) is 31.2 Å². The summed E-state index contributed by atoms with van der Waals surface area (Å²) in [5, 5.41) is 0. The zero-order valence-electron chi connectivity index (χ0n) is 11.2. The lowest BCUT2D eigenvalue weighted by molar-refractivity contribution is -0.147. The van der Waals surface area contributed by atoms with Gasteiger partial charge in [-0.2, -0.15) is 0 Å². The molecule has 1 aliphatic rings. The molecule has 2 heteroatoms. The van der Waals surface area contributed by atoms with Crippen LogP contribution in [0.5, 0.6) is 0 Å². The first-order valence-electron chi connectivity index (χ1n) is 6.56. The molecule has 2 nitrogen and oxygen atoms in total. The molecule has 1 aliphatic heterocycles. The van der Waals surface area contributed by atoms with Crippen LogP contribution in [0, 0.1) is 6.92 Å². The molecule has 0 radical (unpaired) electrons. The van der Waals surface area contributed by atoms with Crippen LogP contribution in [0.15, 0.2) is 54.6 Å². The maximum absolute atomic E-state index is 12.1. The van der Waals surface area contributed by atoms with Gasteiger partial charge in [0.25, 0.3) is 0 Å². The smallest absolute Gasteiger partial charge is 0.232 e. The molecule has 0 bridgehead atoms. The zero-order valence-corrected chi connectivity index (χ0v) is 11.2.